The smallest absolute Gasteiger partial charge is 0.239 e. The average molecular weight is 223 g/mol. The number of aromatic nitrogens is 1. The first-order chi connectivity index (χ1) is 7.63. The van der Waals surface area contributed by atoms with E-state index in [-0.39, 0.29) is 24.0 Å². The Bertz CT molecular complexity index is 355. The van der Waals surface area contributed by atoms with E-state index in [0.717, 1.165) is 6.42 Å². The first kappa shape index (κ1) is 12.4. The lowest BCUT2D eigenvalue weighted by atomic mass is 10.2. The molecule has 5 heteroatoms. The Morgan fingerprint density at radius 1 is 1.62 bits per heavy atom. The normalized spacial score (nSPS) is 12.1. The number of hydrogen-bond donors (Lipinski definition) is 3. The summed E-state index contributed by atoms with van der Waals surface area (Å²) < 4.78 is 0. The van der Waals surface area contributed by atoms with E-state index in [9.17, 15) is 9.90 Å². The summed E-state index contributed by atoms with van der Waals surface area (Å²) in [5, 5.41) is 15.0. The molecule has 0 saturated heterocycles. The van der Waals surface area contributed by atoms with E-state index < -0.39 is 0 Å². The van der Waals surface area contributed by atoms with Crippen LogP contribution in [-0.4, -0.2) is 28.6 Å². The number of carbonyl (C=O) groups excluding carboxylic acids is 1. The van der Waals surface area contributed by atoms with Crippen LogP contribution in [0.2, 0.25) is 0 Å². The molecule has 3 N–H and O–H groups in total. The van der Waals surface area contributed by atoms with Crippen LogP contribution in [0.3, 0.4) is 0 Å². The van der Waals surface area contributed by atoms with Crippen molar-refractivity contribution in [2.75, 3.05) is 11.9 Å². The number of nitrogens with zero attached hydrogens (tertiary/aromatic N) is 1. The van der Waals surface area contributed by atoms with Gasteiger partial charge in [0.25, 0.3) is 0 Å². The van der Waals surface area contributed by atoms with Crippen molar-refractivity contribution in [3.63, 3.8) is 0 Å². The van der Waals surface area contributed by atoms with Crippen molar-refractivity contribution in [3.05, 3.63) is 18.3 Å². The summed E-state index contributed by atoms with van der Waals surface area (Å²) >= 11 is 0. The van der Waals surface area contributed by atoms with E-state index in [0.29, 0.717) is 6.04 Å². The summed E-state index contributed by atoms with van der Waals surface area (Å²) in [7, 11) is 0. The highest BCUT2D eigenvalue weighted by atomic mass is 16.3. The van der Waals surface area contributed by atoms with E-state index in [1.54, 1.807) is 6.07 Å². The maximum Gasteiger partial charge on any atom is 0.239 e. The molecule has 1 heterocycles. The van der Waals surface area contributed by atoms with Gasteiger partial charge in [0.15, 0.2) is 11.6 Å². The Balaban J connectivity index is 2.43. The van der Waals surface area contributed by atoms with Gasteiger partial charge in [-0.15, -0.1) is 0 Å². The maximum absolute atomic E-state index is 11.5. The van der Waals surface area contributed by atoms with Crippen molar-refractivity contribution in [1.29, 1.82) is 0 Å². The van der Waals surface area contributed by atoms with Gasteiger partial charge in [-0.1, -0.05) is 6.92 Å². The summed E-state index contributed by atoms with van der Waals surface area (Å²) in [6.45, 7) is 4.26. The molecule has 1 aromatic heterocycles. The number of rotatable bonds is 5. The van der Waals surface area contributed by atoms with E-state index in [2.05, 4.69) is 15.6 Å². The van der Waals surface area contributed by atoms with Crippen molar-refractivity contribution >= 4 is 11.7 Å². The Hall–Kier alpha value is -1.62. The minimum absolute atomic E-state index is 0.0283. The highest BCUT2D eigenvalue weighted by Crippen LogP contribution is 2.17. The molecule has 0 aliphatic carbocycles. The Morgan fingerprint density at radius 2 is 2.38 bits per heavy atom. The molecular weight excluding hydrogens is 206 g/mol. The third-order valence-electron chi connectivity index (χ3n) is 2.27. The zero-order valence-corrected chi connectivity index (χ0v) is 9.53. The number of aromatic hydroxyl groups is 1. The minimum atomic E-state index is -0.214. The van der Waals surface area contributed by atoms with Gasteiger partial charge in [0.2, 0.25) is 5.91 Å². The fourth-order valence-corrected chi connectivity index (χ4v) is 1.08. The SMILES string of the molecule is CCC(C)NCC(=O)Nc1ncccc1O. The number of amides is 1. The zero-order chi connectivity index (χ0) is 12.0. The van der Waals surface area contributed by atoms with Crippen molar-refractivity contribution in [2.45, 2.75) is 26.3 Å². The molecular formula is C11H17N3O2. The zero-order valence-electron chi connectivity index (χ0n) is 9.53. The molecule has 5 nitrogen and oxygen atoms in total. The average Bonchev–Trinajstić information content (AvgIpc) is 2.29. The standard InChI is InChI=1S/C11H17N3O2/c1-3-8(2)13-7-10(16)14-11-9(15)5-4-6-12-11/h4-6,8,13,15H,3,7H2,1-2H3,(H,12,14,16). The number of anilines is 1. The van der Waals surface area contributed by atoms with Gasteiger partial charge < -0.3 is 15.7 Å². The molecule has 0 fully saturated rings. The van der Waals surface area contributed by atoms with Crippen LogP contribution in [-0.2, 0) is 4.79 Å². The first-order valence-electron chi connectivity index (χ1n) is 5.30. The fraction of sp³-hybridized carbons (Fsp3) is 0.455. The lowest BCUT2D eigenvalue weighted by molar-refractivity contribution is -0.115. The molecule has 1 atom stereocenters. The molecule has 1 amide bonds. The molecule has 0 radical (unpaired) electrons. The van der Waals surface area contributed by atoms with Crippen molar-refractivity contribution in [1.82, 2.24) is 10.3 Å². The van der Waals surface area contributed by atoms with E-state index in [1.807, 2.05) is 13.8 Å². The van der Waals surface area contributed by atoms with Crippen LogP contribution in [0.15, 0.2) is 18.3 Å². The van der Waals surface area contributed by atoms with Crippen molar-refractivity contribution in [3.8, 4) is 5.75 Å². The quantitative estimate of drug-likeness (QED) is 0.699. The van der Waals surface area contributed by atoms with Crippen LogP contribution in [0.4, 0.5) is 5.82 Å². The van der Waals surface area contributed by atoms with Crippen LogP contribution in [0.1, 0.15) is 20.3 Å². The molecule has 0 aromatic carbocycles. The molecule has 0 saturated carbocycles. The van der Waals surface area contributed by atoms with Gasteiger partial charge in [0, 0.05) is 12.2 Å². The third kappa shape index (κ3) is 3.86. The Kier molecular flexibility index (Phi) is 4.72. The van der Waals surface area contributed by atoms with Gasteiger partial charge in [0.1, 0.15) is 0 Å². The lowest BCUT2D eigenvalue weighted by Gasteiger charge is -2.11. The van der Waals surface area contributed by atoms with Crippen LogP contribution >= 0.6 is 0 Å². The van der Waals surface area contributed by atoms with Gasteiger partial charge in [0.05, 0.1) is 6.54 Å². The molecule has 0 bridgehead atoms. The predicted octanol–water partition coefficient (Wildman–Crippen LogP) is 1.11. The van der Waals surface area contributed by atoms with Gasteiger partial charge in [-0.05, 0) is 25.5 Å². The Labute approximate surface area is 94.9 Å². The summed E-state index contributed by atoms with van der Waals surface area (Å²) in [6, 6.07) is 3.37. The molecule has 1 aromatic rings. The van der Waals surface area contributed by atoms with Crippen LogP contribution < -0.4 is 10.6 Å². The van der Waals surface area contributed by atoms with Gasteiger partial charge in [-0.3, -0.25) is 4.79 Å². The number of pyridine rings is 1. The number of carbonyl (C=O) groups is 1. The second-order valence-electron chi connectivity index (χ2n) is 3.61. The predicted molar refractivity (Wildman–Crippen MR) is 62.3 cm³/mol. The van der Waals surface area contributed by atoms with E-state index >= 15 is 0 Å². The van der Waals surface area contributed by atoms with Gasteiger partial charge in [-0.2, -0.15) is 0 Å². The second-order valence-corrected chi connectivity index (χ2v) is 3.61. The molecule has 0 aliphatic heterocycles. The van der Waals surface area contributed by atoms with Crippen molar-refractivity contribution in [2.24, 2.45) is 0 Å². The van der Waals surface area contributed by atoms with Crippen LogP contribution in [0.5, 0.6) is 5.75 Å². The van der Waals surface area contributed by atoms with Crippen molar-refractivity contribution < 1.29 is 9.90 Å². The van der Waals surface area contributed by atoms with Gasteiger partial charge in [-0.25, -0.2) is 4.98 Å². The summed E-state index contributed by atoms with van der Waals surface area (Å²) in [4.78, 5) is 15.3. The first-order valence-corrected chi connectivity index (χ1v) is 5.30. The molecule has 1 rings (SSSR count). The number of nitrogens with one attached hydrogen (secondary N) is 2. The molecule has 88 valence electrons. The van der Waals surface area contributed by atoms with E-state index in [4.69, 9.17) is 0 Å². The number of hydrogen-bond acceptors (Lipinski definition) is 4. The largest absolute Gasteiger partial charge is 0.504 e. The lowest BCUT2D eigenvalue weighted by Crippen LogP contribution is -2.34. The topological polar surface area (TPSA) is 74.2 Å². The highest BCUT2D eigenvalue weighted by Gasteiger charge is 2.07. The van der Waals surface area contributed by atoms with Crippen LogP contribution in [0.25, 0.3) is 0 Å². The second kappa shape index (κ2) is 6.07. The fourth-order valence-electron chi connectivity index (χ4n) is 1.08. The summed E-state index contributed by atoms with van der Waals surface area (Å²) in [5.41, 5.74) is 0. The highest BCUT2D eigenvalue weighted by molar-refractivity contribution is 5.92. The third-order valence-corrected chi connectivity index (χ3v) is 2.27. The molecule has 0 aliphatic rings. The minimum Gasteiger partial charge on any atom is -0.504 e. The van der Waals surface area contributed by atoms with Crippen LogP contribution in [0, 0.1) is 0 Å². The van der Waals surface area contributed by atoms with E-state index in [1.165, 1.54) is 12.3 Å². The summed E-state index contributed by atoms with van der Waals surface area (Å²) in [5.74, 6) is -0.0489. The van der Waals surface area contributed by atoms with Gasteiger partial charge >= 0.3 is 0 Å². The summed E-state index contributed by atoms with van der Waals surface area (Å²) in [6.07, 6.45) is 2.47. The molecule has 16 heavy (non-hydrogen) atoms. The molecule has 1 unspecified atom stereocenters. The molecule has 0 spiro atoms. The monoisotopic (exact) mass is 223 g/mol. The Morgan fingerprint density at radius 3 is 3.00 bits per heavy atom. The maximum atomic E-state index is 11.5.